The summed E-state index contributed by atoms with van der Waals surface area (Å²) < 4.78 is 2.19. The highest BCUT2D eigenvalue weighted by molar-refractivity contribution is 5.38. The monoisotopic (exact) mass is 230 g/mol. The highest BCUT2D eigenvalue weighted by Gasteiger charge is 2.32. The van der Waals surface area contributed by atoms with Crippen molar-refractivity contribution in [1.82, 2.24) is 14.8 Å². The summed E-state index contributed by atoms with van der Waals surface area (Å²) in [6.45, 7) is 4.56. The van der Waals surface area contributed by atoms with Gasteiger partial charge in [0.15, 0.2) is 0 Å². The quantitative estimate of drug-likeness (QED) is 0.788. The number of aromatic amines is 1. The van der Waals surface area contributed by atoms with Gasteiger partial charge >= 0.3 is 0 Å². The predicted molar refractivity (Wildman–Crippen MR) is 66.9 cm³/mol. The van der Waals surface area contributed by atoms with Crippen molar-refractivity contribution >= 4 is 0 Å². The molecule has 90 valence electrons. The minimum atomic E-state index is 0.155. The topological polar surface area (TPSA) is 59.6 Å². The van der Waals surface area contributed by atoms with Crippen LogP contribution >= 0.6 is 0 Å². The first kappa shape index (κ1) is 10.6. The molecule has 0 aliphatic heterocycles. The molecule has 1 aliphatic carbocycles. The molecular formula is C13H18N4. The molecule has 3 N–H and O–H groups in total. The number of hydrogen-bond donors (Lipinski definition) is 2. The Balaban J connectivity index is 2.11. The Morgan fingerprint density at radius 1 is 1.53 bits per heavy atom. The zero-order chi connectivity index (χ0) is 12.0. The van der Waals surface area contributed by atoms with E-state index in [4.69, 9.17) is 5.73 Å². The number of nitrogens with zero attached hydrogens (tertiary/aromatic N) is 2. The Morgan fingerprint density at radius 3 is 3.06 bits per heavy atom. The first-order chi connectivity index (χ1) is 8.07. The van der Waals surface area contributed by atoms with Crippen molar-refractivity contribution in [2.24, 2.45) is 11.1 Å². The third-order valence-electron chi connectivity index (χ3n) is 3.61. The van der Waals surface area contributed by atoms with Gasteiger partial charge in [0.25, 0.3) is 0 Å². The van der Waals surface area contributed by atoms with Gasteiger partial charge in [-0.15, -0.1) is 0 Å². The Hall–Kier alpha value is -1.55. The lowest BCUT2D eigenvalue weighted by molar-refractivity contribution is 0.278. The van der Waals surface area contributed by atoms with Gasteiger partial charge in [0.1, 0.15) is 0 Å². The van der Waals surface area contributed by atoms with Crippen molar-refractivity contribution in [3.8, 4) is 5.69 Å². The predicted octanol–water partition coefficient (Wildman–Crippen LogP) is 2.17. The van der Waals surface area contributed by atoms with E-state index < -0.39 is 0 Å². The zero-order valence-corrected chi connectivity index (χ0v) is 10.3. The summed E-state index contributed by atoms with van der Waals surface area (Å²) in [4.78, 5) is 0. The van der Waals surface area contributed by atoms with Gasteiger partial charge in [-0.1, -0.05) is 13.8 Å². The highest BCUT2D eigenvalue weighted by atomic mass is 15.1. The van der Waals surface area contributed by atoms with Crippen LogP contribution in [0.2, 0.25) is 0 Å². The molecule has 0 aromatic carbocycles. The van der Waals surface area contributed by atoms with E-state index in [-0.39, 0.29) is 11.5 Å². The molecule has 1 aliphatic rings. The third-order valence-corrected chi connectivity index (χ3v) is 3.61. The van der Waals surface area contributed by atoms with E-state index in [1.165, 1.54) is 11.3 Å². The van der Waals surface area contributed by atoms with E-state index in [1.54, 1.807) is 0 Å². The molecule has 0 spiro atoms. The van der Waals surface area contributed by atoms with Gasteiger partial charge in [-0.05, 0) is 29.9 Å². The Kier molecular flexibility index (Phi) is 2.16. The average Bonchev–Trinajstić information content (AvgIpc) is 2.82. The van der Waals surface area contributed by atoms with Crippen LogP contribution in [0, 0.1) is 5.41 Å². The number of nitrogens with two attached hydrogens (primary N) is 1. The van der Waals surface area contributed by atoms with E-state index in [0.717, 1.165) is 18.5 Å². The van der Waals surface area contributed by atoms with Crippen LogP contribution in [-0.4, -0.2) is 14.8 Å². The highest BCUT2D eigenvalue weighted by Crippen LogP contribution is 2.40. The molecule has 0 bridgehead atoms. The van der Waals surface area contributed by atoms with E-state index in [0.29, 0.717) is 0 Å². The van der Waals surface area contributed by atoms with Gasteiger partial charge in [-0.25, -0.2) is 0 Å². The Morgan fingerprint density at radius 2 is 2.35 bits per heavy atom. The molecule has 1 unspecified atom stereocenters. The molecule has 0 fully saturated rings. The molecular weight excluding hydrogens is 212 g/mol. The molecule has 17 heavy (non-hydrogen) atoms. The van der Waals surface area contributed by atoms with Gasteiger partial charge in [0.2, 0.25) is 0 Å². The smallest absolute Gasteiger partial charge is 0.0832 e. The van der Waals surface area contributed by atoms with Gasteiger partial charge in [-0.3, -0.25) is 5.10 Å². The van der Waals surface area contributed by atoms with Crippen molar-refractivity contribution in [2.75, 3.05) is 0 Å². The second-order valence-corrected chi connectivity index (χ2v) is 5.70. The molecule has 1 atom stereocenters. The maximum atomic E-state index is 6.25. The lowest BCUT2D eigenvalue weighted by Gasteiger charge is -2.34. The number of aromatic nitrogens is 3. The summed E-state index contributed by atoms with van der Waals surface area (Å²) in [5.74, 6) is 0. The van der Waals surface area contributed by atoms with Crippen molar-refractivity contribution in [1.29, 1.82) is 0 Å². The van der Waals surface area contributed by atoms with Crippen molar-refractivity contribution in [3.63, 3.8) is 0 Å². The molecule has 0 radical (unpaired) electrons. The first-order valence-corrected chi connectivity index (χ1v) is 6.02. The Labute approximate surface area is 101 Å². The number of fused-ring (bicyclic) bond motifs is 1. The molecule has 2 heterocycles. The number of nitrogens with one attached hydrogen (secondary N) is 1. The van der Waals surface area contributed by atoms with Crippen LogP contribution in [0.5, 0.6) is 0 Å². The molecule has 3 rings (SSSR count). The molecule has 2 aromatic rings. The summed E-state index contributed by atoms with van der Waals surface area (Å²) in [7, 11) is 0. The fourth-order valence-electron chi connectivity index (χ4n) is 2.85. The largest absolute Gasteiger partial charge is 0.324 e. The van der Waals surface area contributed by atoms with E-state index in [9.17, 15) is 0 Å². The molecule has 4 nitrogen and oxygen atoms in total. The lowest BCUT2D eigenvalue weighted by atomic mass is 9.74. The Bertz CT molecular complexity index is 522. The summed E-state index contributed by atoms with van der Waals surface area (Å²) in [6.07, 6.45) is 7.96. The fourth-order valence-corrected chi connectivity index (χ4v) is 2.85. The molecule has 0 saturated carbocycles. The van der Waals surface area contributed by atoms with Crippen molar-refractivity contribution < 1.29 is 0 Å². The van der Waals surface area contributed by atoms with Crippen LogP contribution in [0.25, 0.3) is 5.69 Å². The molecule has 2 aromatic heterocycles. The van der Waals surface area contributed by atoms with Crippen LogP contribution in [-0.2, 0) is 6.42 Å². The van der Waals surface area contributed by atoms with Crippen LogP contribution in [0.1, 0.15) is 37.6 Å². The van der Waals surface area contributed by atoms with Crippen LogP contribution in [0.15, 0.2) is 24.7 Å². The molecule has 0 saturated heterocycles. The van der Waals surface area contributed by atoms with Crippen LogP contribution in [0.4, 0.5) is 0 Å². The average molecular weight is 230 g/mol. The van der Waals surface area contributed by atoms with Gasteiger partial charge in [0.05, 0.1) is 11.9 Å². The van der Waals surface area contributed by atoms with E-state index >= 15 is 0 Å². The maximum absolute atomic E-state index is 6.25. The maximum Gasteiger partial charge on any atom is 0.0832 e. The van der Waals surface area contributed by atoms with E-state index in [2.05, 4.69) is 40.9 Å². The summed E-state index contributed by atoms with van der Waals surface area (Å²) >= 11 is 0. The van der Waals surface area contributed by atoms with Crippen LogP contribution < -0.4 is 5.73 Å². The molecule has 4 heteroatoms. The number of H-pyrrole nitrogens is 1. The van der Waals surface area contributed by atoms with Crippen molar-refractivity contribution in [3.05, 3.63) is 35.9 Å². The molecule has 0 amide bonds. The van der Waals surface area contributed by atoms with Crippen molar-refractivity contribution in [2.45, 2.75) is 32.7 Å². The van der Waals surface area contributed by atoms with E-state index in [1.807, 2.05) is 12.4 Å². The van der Waals surface area contributed by atoms with Gasteiger partial charge in [0, 0.05) is 24.1 Å². The van der Waals surface area contributed by atoms with Gasteiger partial charge < -0.3 is 10.3 Å². The SMILES string of the molecule is CC1(C)Cc2c(ccn2-c2cn[nH]c2)C(N)C1. The fraction of sp³-hybridized carbons (Fsp3) is 0.462. The minimum Gasteiger partial charge on any atom is -0.324 e. The summed E-state index contributed by atoms with van der Waals surface area (Å²) in [5.41, 5.74) is 10.2. The second kappa shape index (κ2) is 3.47. The number of rotatable bonds is 1. The zero-order valence-electron chi connectivity index (χ0n) is 10.3. The third kappa shape index (κ3) is 1.69. The lowest BCUT2D eigenvalue weighted by Crippen LogP contribution is -2.30. The number of hydrogen-bond acceptors (Lipinski definition) is 2. The van der Waals surface area contributed by atoms with Gasteiger partial charge in [-0.2, -0.15) is 5.10 Å². The first-order valence-electron chi connectivity index (χ1n) is 6.02. The second-order valence-electron chi connectivity index (χ2n) is 5.70. The normalized spacial score (nSPS) is 22.4. The minimum absolute atomic E-state index is 0.155. The standard InChI is InChI=1S/C13H18N4/c1-13(2)5-11(14)10-3-4-17(12(10)6-13)9-7-15-16-8-9/h3-4,7-8,11H,5-6,14H2,1-2H3,(H,15,16). The summed E-state index contributed by atoms with van der Waals surface area (Å²) in [5, 5.41) is 6.86. The van der Waals surface area contributed by atoms with Crippen LogP contribution in [0.3, 0.4) is 0 Å². The summed E-state index contributed by atoms with van der Waals surface area (Å²) in [6, 6.07) is 2.30.